The second kappa shape index (κ2) is 11.2. The van der Waals surface area contributed by atoms with Gasteiger partial charge in [0.15, 0.2) is 0 Å². The van der Waals surface area contributed by atoms with E-state index in [0.717, 1.165) is 12.8 Å². The van der Waals surface area contributed by atoms with Crippen LogP contribution in [0.5, 0.6) is 0 Å². The number of hydrogen-bond acceptors (Lipinski definition) is 3. The molecule has 0 spiro atoms. The highest BCUT2D eigenvalue weighted by atomic mass is 16.5. The van der Waals surface area contributed by atoms with Gasteiger partial charge in [-0.05, 0) is 12.8 Å². The van der Waals surface area contributed by atoms with Crippen LogP contribution in [-0.2, 0) is 9.53 Å². The van der Waals surface area contributed by atoms with Gasteiger partial charge in [0, 0.05) is 5.71 Å². The van der Waals surface area contributed by atoms with Gasteiger partial charge in [-0.3, -0.25) is 4.79 Å². The quantitative estimate of drug-likeness (QED) is 0.402. The Balaban J connectivity index is 0. The maximum Gasteiger partial charge on any atom is 0.305 e. The molecule has 2 radical (unpaired) electrons. The maximum absolute atomic E-state index is 10.6. The van der Waals surface area contributed by atoms with Crippen LogP contribution >= 0.6 is 0 Å². The third-order valence-electron chi connectivity index (χ3n) is 1.41. The Hall–Kier alpha value is -0.795. The van der Waals surface area contributed by atoms with Crippen molar-refractivity contribution in [3.63, 3.8) is 0 Å². The monoisotopic (exact) mass is 183 g/mol. The van der Waals surface area contributed by atoms with Gasteiger partial charge in [0.05, 0.1) is 21.4 Å². The first-order chi connectivity index (χ1) is 6.20. The van der Waals surface area contributed by atoms with E-state index in [2.05, 4.69) is 12.6 Å². The number of esters is 1. The lowest BCUT2D eigenvalue weighted by Gasteiger charge is -1.99. The van der Waals surface area contributed by atoms with Crippen molar-refractivity contribution in [1.82, 2.24) is 0 Å². The molecule has 0 rings (SSSR count). The molecule has 0 saturated heterocycles. The fourth-order valence-corrected chi connectivity index (χ4v) is 0.782. The van der Waals surface area contributed by atoms with E-state index in [1.54, 1.807) is 0 Å². The smallest absolute Gasteiger partial charge is 0.305 e. The van der Waals surface area contributed by atoms with Gasteiger partial charge in [-0.25, -0.2) is 0 Å². The van der Waals surface area contributed by atoms with E-state index >= 15 is 0 Å². The lowest BCUT2D eigenvalue weighted by Crippen LogP contribution is -2.04. The van der Waals surface area contributed by atoms with Gasteiger partial charge in [0.2, 0.25) is 0 Å². The van der Waals surface area contributed by atoms with Crippen molar-refractivity contribution in [2.45, 2.75) is 39.4 Å². The van der Waals surface area contributed by atoms with Gasteiger partial charge in [0.1, 0.15) is 0 Å². The first kappa shape index (κ1) is 14.7. The molecule has 0 atom stereocenters. The van der Waals surface area contributed by atoms with Gasteiger partial charge < -0.3 is 10.1 Å². The summed E-state index contributed by atoms with van der Waals surface area (Å²) in [5.74, 6) is -0.231. The topological polar surface area (TPSA) is 50.2 Å². The number of methoxy groups -OCH3 is 1. The zero-order chi connectivity index (χ0) is 10.7. The van der Waals surface area contributed by atoms with Crippen molar-refractivity contribution in [1.29, 1.82) is 5.41 Å². The number of rotatable bonds is 5. The molecule has 0 amide bonds. The van der Waals surface area contributed by atoms with Crippen LogP contribution in [0.4, 0.5) is 0 Å². The lowest BCUT2D eigenvalue weighted by atomic mass is 10.1. The molecule has 13 heavy (non-hydrogen) atoms. The Labute approximate surface area is 81.8 Å². The van der Waals surface area contributed by atoms with Gasteiger partial charge in [0.25, 0.3) is 0 Å². The first-order valence-corrected chi connectivity index (χ1v) is 4.41. The van der Waals surface area contributed by atoms with Crippen LogP contribution in [0.1, 0.15) is 32.6 Å². The summed E-state index contributed by atoms with van der Waals surface area (Å²) in [6, 6.07) is 0. The van der Waals surface area contributed by atoms with Crippen LogP contribution in [0, 0.1) is 5.41 Å². The van der Waals surface area contributed by atoms with Crippen LogP contribution in [0.2, 0.25) is 6.82 Å². The average molecular weight is 183 g/mol. The van der Waals surface area contributed by atoms with E-state index in [9.17, 15) is 4.79 Å². The van der Waals surface area contributed by atoms with Gasteiger partial charge in [-0.1, -0.05) is 20.2 Å². The highest BCUT2D eigenvalue weighted by Gasteiger charge is 2.01. The summed E-state index contributed by atoms with van der Waals surface area (Å²) in [7, 11) is 5.87. The Morgan fingerprint density at radius 2 is 1.85 bits per heavy atom. The largest absolute Gasteiger partial charge is 0.469 e. The summed E-state index contributed by atoms with van der Waals surface area (Å²) in [4.78, 5) is 10.6. The van der Waals surface area contributed by atoms with Crippen LogP contribution in [0.15, 0.2) is 0 Å². The fourth-order valence-electron chi connectivity index (χ4n) is 0.782. The Morgan fingerprint density at radius 1 is 1.31 bits per heavy atom. The summed E-state index contributed by atoms with van der Waals surface area (Å²) < 4.78 is 4.44. The molecule has 0 fully saturated rings. The normalized spacial score (nSPS) is 8.23. The van der Waals surface area contributed by atoms with E-state index in [1.165, 1.54) is 13.9 Å². The van der Waals surface area contributed by atoms with Crippen LogP contribution in [-0.4, -0.2) is 26.6 Å². The highest BCUT2D eigenvalue weighted by molar-refractivity contribution is 6.05. The van der Waals surface area contributed by atoms with Crippen molar-refractivity contribution in [2.75, 3.05) is 7.11 Å². The molecule has 0 aliphatic rings. The Bertz CT molecular complexity index is 149. The van der Waals surface area contributed by atoms with E-state index in [4.69, 9.17) is 5.41 Å². The Morgan fingerprint density at radius 3 is 2.23 bits per heavy atom. The average Bonchev–Trinajstić information content (AvgIpc) is 2.18. The predicted molar refractivity (Wildman–Crippen MR) is 55.5 cm³/mol. The molecule has 0 aromatic heterocycles. The zero-order valence-electron chi connectivity index (χ0n) is 8.72. The van der Waals surface area contributed by atoms with Gasteiger partial charge in [-0.15, -0.1) is 0 Å². The lowest BCUT2D eigenvalue weighted by molar-refractivity contribution is -0.140. The van der Waals surface area contributed by atoms with Gasteiger partial charge >= 0.3 is 5.97 Å². The van der Waals surface area contributed by atoms with E-state index in [1.807, 2.05) is 6.92 Å². The molecule has 1 N–H and O–H groups in total. The third-order valence-corrected chi connectivity index (χ3v) is 1.41. The number of hydrogen-bond donors (Lipinski definition) is 1. The molecule has 3 nitrogen and oxygen atoms in total. The number of nitrogens with one attached hydrogen (secondary N) is 1. The second-order valence-corrected chi connectivity index (χ2v) is 2.43. The molecule has 0 aliphatic carbocycles. The van der Waals surface area contributed by atoms with Crippen LogP contribution in [0.25, 0.3) is 0 Å². The van der Waals surface area contributed by atoms with Crippen molar-refractivity contribution in [3.8, 4) is 0 Å². The molecular formula is C9H18BNO2. The molecule has 0 aromatic carbocycles. The minimum atomic E-state index is -0.231. The number of ether oxygens (including phenoxy) is 1. The number of carbonyl (C=O) groups excluding carboxylic acids is 1. The number of carbonyl (C=O) groups is 1. The predicted octanol–water partition coefficient (Wildman–Crippen LogP) is 1.96. The molecule has 0 saturated carbocycles. The SMILES string of the molecule is CCCC(=N)CCC(=O)OC.[B]C. The minimum absolute atomic E-state index is 0.231. The first-order valence-electron chi connectivity index (χ1n) is 4.41. The van der Waals surface area contributed by atoms with Gasteiger partial charge in [-0.2, -0.15) is 0 Å². The summed E-state index contributed by atoms with van der Waals surface area (Å²) in [6.07, 6.45) is 2.65. The Kier molecular flexibility index (Phi) is 12.7. The molecule has 4 heteroatoms. The van der Waals surface area contributed by atoms with Crippen LogP contribution < -0.4 is 0 Å². The van der Waals surface area contributed by atoms with E-state index in [-0.39, 0.29) is 5.97 Å². The van der Waals surface area contributed by atoms with E-state index < -0.39 is 0 Å². The molecule has 0 heterocycles. The molecular weight excluding hydrogens is 165 g/mol. The molecule has 0 bridgehead atoms. The summed E-state index contributed by atoms with van der Waals surface area (Å²) in [5.41, 5.74) is 0.637. The van der Waals surface area contributed by atoms with Crippen LogP contribution in [0.3, 0.4) is 0 Å². The van der Waals surface area contributed by atoms with E-state index in [0.29, 0.717) is 18.6 Å². The third kappa shape index (κ3) is 11.2. The summed E-state index contributed by atoms with van der Waals surface area (Å²) in [6.45, 7) is 3.52. The van der Waals surface area contributed by atoms with Crippen molar-refractivity contribution >= 4 is 19.5 Å². The molecule has 0 unspecified atom stereocenters. The molecule has 0 aromatic rings. The second-order valence-electron chi connectivity index (χ2n) is 2.43. The van der Waals surface area contributed by atoms with Crippen molar-refractivity contribution in [2.24, 2.45) is 0 Å². The van der Waals surface area contributed by atoms with Crippen molar-refractivity contribution < 1.29 is 9.53 Å². The zero-order valence-corrected chi connectivity index (χ0v) is 8.72. The highest BCUT2D eigenvalue weighted by Crippen LogP contribution is 1.99. The minimum Gasteiger partial charge on any atom is -0.469 e. The standard InChI is InChI=1S/C8H15NO2.CH3B/c1-3-4-7(9)5-6-8(10)11-2;1-2/h9H,3-6H2,1-2H3;1H3. The molecule has 0 aliphatic heterocycles. The van der Waals surface area contributed by atoms with Crippen molar-refractivity contribution in [3.05, 3.63) is 0 Å². The summed E-state index contributed by atoms with van der Waals surface area (Å²) >= 11 is 0. The molecule has 74 valence electrons. The fraction of sp³-hybridized carbons (Fsp3) is 0.778. The maximum atomic E-state index is 10.6. The summed E-state index contributed by atoms with van der Waals surface area (Å²) in [5, 5.41) is 7.35.